The standard InChI is InChI=1S/C52H58N4/c1-5-9-35-55(36-10-6-2)51-23-15-13-21-45(51)29-31-49-39-48(28-26-44-20-18-34-54-42-44)50(40-47(49)27-25-43-19-17-33-53-41-43)32-30-46-22-14-16-24-52(46)56(37-11-7-3)38-12-8-4/h13-24,29-34,39-42H,5-12,35-38H2,1-4H3/b31-29+,32-30+. The molecule has 5 aromatic rings. The van der Waals surface area contributed by atoms with Crippen LogP contribution in [0.4, 0.5) is 11.4 Å². The van der Waals surface area contributed by atoms with Crippen LogP contribution in [0.5, 0.6) is 0 Å². The molecule has 0 spiro atoms. The number of rotatable bonds is 18. The van der Waals surface area contributed by atoms with Crippen LogP contribution in [0.1, 0.15) is 124 Å². The zero-order chi connectivity index (χ0) is 39.2. The van der Waals surface area contributed by atoms with E-state index < -0.39 is 0 Å². The molecule has 0 saturated carbocycles. The Balaban J connectivity index is 1.65. The molecule has 0 radical (unpaired) electrons. The van der Waals surface area contributed by atoms with Gasteiger partial charge in [-0.2, -0.15) is 0 Å². The number of hydrogen-bond acceptors (Lipinski definition) is 4. The third kappa shape index (κ3) is 12.6. The van der Waals surface area contributed by atoms with Gasteiger partial charge in [0.1, 0.15) is 0 Å². The van der Waals surface area contributed by atoms with Crippen molar-refractivity contribution >= 4 is 35.7 Å². The molecule has 0 fully saturated rings. The first-order valence-corrected chi connectivity index (χ1v) is 20.7. The van der Waals surface area contributed by atoms with E-state index in [1.807, 2.05) is 36.7 Å². The average Bonchev–Trinajstić information content (AvgIpc) is 3.25. The number of anilines is 2. The summed E-state index contributed by atoms with van der Waals surface area (Å²) in [5.41, 5.74) is 10.6. The molecule has 56 heavy (non-hydrogen) atoms. The summed E-state index contributed by atoms with van der Waals surface area (Å²) >= 11 is 0. The Morgan fingerprint density at radius 3 is 1.18 bits per heavy atom. The highest BCUT2D eigenvalue weighted by molar-refractivity contribution is 5.83. The van der Waals surface area contributed by atoms with Crippen LogP contribution < -0.4 is 9.80 Å². The SMILES string of the molecule is CCCCN(CCCC)c1ccccc1/C=C/c1cc(C#Cc2cccnc2)c(/C=C/c2ccccc2N(CCCC)CCCC)cc1C#Cc1cccnc1. The number of benzene rings is 3. The van der Waals surface area contributed by atoms with Gasteiger partial charge in [0.05, 0.1) is 0 Å². The summed E-state index contributed by atoms with van der Waals surface area (Å²) < 4.78 is 0. The summed E-state index contributed by atoms with van der Waals surface area (Å²) in [4.78, 5) is 13.7. The van der Waals surface area contributed by atoms with Gasteiger partial charge < -0.3 is 9.80 Å². The maximum atomic E-state index is 4.31. The minimum absolute atomic E-state index is 0.876. The van der Waals surface area contributed by atoms with Gasteiger partial charge in [-0.3, -0.25) is 9.97 Å². The van der Waals surface area contributed by atoms with Crippen LogP contribution in [-0.2, 0) is 0 Å². The van der Waals surface area contributed by atoms with E-state index in [1.165, 1.54) is 73.9 Å². The molecule has 0 aliphatic carbocycles. The Kier molecular flexibility index (Phi) is 17.1. The van der Waals surface area contributed by atoms with Crippen molar-refractivity contribution in [2.75, 3.05) is 36.0 Å². The molecule has 0 atom stereocenters. The fraction of sp³-hybridized carbons (Fsp3) is 0.308. The van der Waals surface area contributed by atoms with Gasteiger partial charge in [0.25, 0.3) is 0 Å². The maximum absolute atomic E-state index is 4.31. The molecule has 0 bridgehead atoms. The summed E-state index contributed by atoms with van der Waals surface area (Å²) in [5, 5.41) is 0. The minimum atomic E-state index is 0.876. The normalized spacial score (nSPS) is 10.9. The van der Waals surface area contributed by atoms with Crippen molar-refractivity contribution < 1.29 is 0 Å². The lowest BCUT2D eigenvalue weighted by atomic mass is 9.96. The molecule has 0 aliphatic rings. The van der Waals surface area contributed by atoms with Crippen LogP contribution in [0.2, 0.25) is 0 Å². The van der Waals surface area contributed by atoms with Crippen molar-refractivity contribution in [1.82, 2.24) is 9.97 Å². The molecule has 5 rings (SSSR count). The van der Waals surface area contributed by atoms with Crippen LogP contribution in [0.15, 0.2) is 110 Å². The lowest BCUT2D eigenvalue weighted by Gasteiger charge is -2.26. The summed E-state index contributed by atoms with van der Waals surface area (Å²) in [5.74, 6) is 13.8. The zero-order valence-corrected chi connectivity index (χ0v) is 34.0. The number of nitrogens with zero attached hydrogens (tertiary/aromatic N) is 4. The first-order valence-electron chi connectivity index (χ1n) is 20.7. The van der Waals surface area contributed by atoms with Gasteiger partial charge in [-0.25, -0.2) is 0 Å². The molecule has 3 aromatic carbocycles. The van der Waals surface area contributed by atoms with Crippen molar-refractivity contribution in [2.45, 2.75) is 79.1 Å². The quantitative estimate of drug-likeness (QED) is 0.0662. The Bertz CT molecular complexity index is 1960. The predicted molar refractivity (Wildman–Crippen MR) is 242 cm³/mol. The number of aromatic nitrogens is 2. The Labute approximate surface area is 337 Å². The third-order valence-electron chi connectivity index (χ3n) is 9.79. The molecule has 0 saturated heterocycles. The fourth-order valence-electron chi connectivity index (χ4n) is 6.57. The van der Waals surface area contributed by atoms with Gasteiger partial charge in [0.15, 0.2) is 0 Å². The molecule has 0 N–H and O–H groups in total. The van der Waals surface area contributed by atoms with Crippen molar-refractivity contribution in [2.24, 2.45) is 0 Å². The van der Waals surface area contributed by atoms with E-state index >= 15 is 0 Å². The summed E-state index contributed by atoms with van der Waals surface area (Å²) in [6.45, 7) is 13.3. The van der Waals surface area contributed by atoms with E-state index in [2.05, 4.69) is 156 Å². The maximum Gasteiger partial charge on any atom is 0.0439 e. The van der Waals surface area contributed by atoms with E-state index in [1.54, 1.807) is 12.4 Å². The van der Waals surface area contributed by atoms with Crippen LogP contribution in [0.3, 0.4) is 0 Å². The van der Waals surface area contributed by atoms with E-state index in [0.29, 0.717) is 0 Å². The molecular weight excluding hydrogens is 681 g/mol. The number of para-hydroxylation sites is 2. The molecule has 2 aromatic heterocycles. The van der Waals surface area contributed by atoms with Gasteiger partial charge in [0.2, 0.25) is 0 Å². The van der Waals surface area contributed by atoms with Crippen molar-refractivity contribution in [3.8, 4) is 23.7 Å². The van der Waals surface area contributed by atoms with Crippen molar-refractivity contribution in [3.05, 3.63) is 154 Å². The second-order valence-corrected chi connectivity index (χ2v) is 14.2. The molecule has 286 valence electrons. The van der Waals surface area contributed by atoms with Crippen LogP contribution in [-0.4, -0.2) is 36.1 Å². The van der Waals surface area contributed by atoms with Crippen LogP contribution >= 0.6 is 0 Å². The number of hydrogen-bond donors (Lipinski definition) is 0. The first-order chi connectivity index (χ1) is 27.6. The van der Waals surface area contributed by atoms with Gasteiger partial charge in [-0.05, 0) is 96.5 Å². The Hall–Kier alpha value is -5.84. The summed E-state index contributed by atoms with van der Waals surface area (Å²) in [7, 11) is 0. The Morgan fingerprint density at radius 1 is 0.446 bits per heavy atom. The van der Waals surface area contributed by atoms with Crippen LogP contribution in [0, 0.1) is 23.7 Å². The predicted octanol–water partition coefficient (Wildman–Crippen LogP) is 12.4. The molecule has 4 nitrogen and oxygen atoms in total. The Morgan fingerprint density at radius 2 is 0.821 bits per heavy atom. The highest BCUT2D eigenvalue weighted by atomic mass is 15.1. The van der Waals surface area contributed by atoms with Gasteiger partial charge in [-0.15, -0.1) is 0 Å². The van der Waals surface area contributed by atoms with Gasteiger partial charge in [0, 0.05) is 84.6 Å². The minimum Gasteiger partial charge on any atom is -0.371 e. The second-order valence-electron chi connectivity index (χ2n) is 14.2. The highest BCUT2D eigenvalue weighted by Gasteiger charge is 2.12. The van der Waals surface area contributed by atoms with E-state index in [-0.39, 0.29) is 0 Å². The summed E-state index contributed by atoms with van der Waals surface area (Å²) in [6, 6.07) is 29.8. The lowest BCUT2D eigenvalue weighted by Crippen LogP contribution is -2.26. The topological polar surface area (TPSA) is 32.3 Å². The highest BCUT2D eigenvalue weighted by Crippen LogP contribution is 2.28. The average molecular weight is 739 g/mol. The number of pyridine rings is 2. The smallest absolute Gasteiger partial charge is 0.0439 e. The molecule has 0 amide bonds. The van der Waals surface area contributed by atoms with Crippen molar-refractivity contribution in [1.29, 1.82) is 0 Å². The fourth-order valence-corrected chi connectivity index (χ4v) is 6.57. The monoisotopic (exact) mass is 738 g/mol. The van der Waals surface area contributed by atoms with E-state index in [0.717, 1.165) is 59.6 Å². The molecule has 4 heteroatoms. The lowest BCUT2D eigenvalue weighted by molar-refractivity contribution is 0.677. The van der Waals surface area contributed by atoms with Gasteiger partial charge >= 0.3 is 0 Å². The molecule has 0 aliphatic heterocycles. The van der Waals surface area contributed by atoms with E-state index in [4.69, 9.17) is 0 Å². The second kappa shape index (κ2) is 23.2. The molecule has 2 heterocycles. The van der Waals surface area contributed by atoms with Crippen LogP contribution in [0.25, 0.3) is 24.3 Å². The molecule has 0 unspecified atom stereocenters. The summed E-state index contributed by atoms with van der Waals surface area (Å²) in [6.07, 6.45) is 25.5. The number of unbranched alkanes of at least 4 members (excludes halogenated alkanes) is 4. The van der Waals surface area contributed by atoms with Gasteiger partial charge in [-0.1, -0.05) is 138 Å². The third-order valence-corrected chi connectivity index (χ3v) is 9.79. The van der Waals surface area contributed by atoms with E-state index in [9.17, 15) is 0 Å². The first kappa shape index (κ1) is 41.3. The largest absolute Gasteiger partial charge is 0.371 e. The zero-order valence-electron chi connectivity index (χ0n) is 34.0. The molecular formula is C52H58N4. The van der Waals surface area contributed by atoms with Crippen molar-refractivity contribution in [3.63, 3.8) is 0 Å².